The van der Waals surface area contributed by atoms with Crippen LogP contribution in [0.2, 0.25) is 5.02 Å². The van der Waals surface area contributed by atoms with Gasteiger partial charge in [-0.3, -0.25) is 4.72 Å². The Kier molecular flexibility index (Phi) is 4.46. The summed E-state index contributed by atoms with van der Waals surface area (Å²) in [6, 6.07) is 7.06. The van der Waals surface area contributed by atoms with Gasteiger partial charge in [-0.15, -0.1) is 0 Å². The maximum absolute atomic E-state index is 13.5. The molecule has 2 aromatic carbocycles. The summed E-state index contributed by atoms with van der Waals surface area (Å²) in [5.74, 6) is -0.627. The molecule has 21 heavy (non-hydrogen) atoms. The van der Waals surface area contributed by atoms with Gasteiger partial charge in [0.05, 0.1) is 25.8 Å². The van der Waals surface area contributed by atoms with Gasteiger partial charge < -0.3 is 5.73 Å². The lowest BCUT2D eigenvalue weighted by molar-refractivity contribution is 0.599. The van der Waals surface area contributed by atoms with Crippen molar-refractivity contribution in [3.63, 3.8) is 0 Å². The Morgan fingerprint density at radius 1 is 1.33 bits per heavy atom. The van der Waals surface area contributed by atoms with E-state index in [1.165, 1.54) is 13.0 Å². The smallest absolute Gasteiger partial charge is 0.262 e. The fourth-order valence-corrected chi connectivity index (χ4v) is 3.56. The van der Waals surface area contributed by atoms with Crippen LogP contribution in [0.4, 0.5) is 15.8 Å². The number of aryl methyl sites for hydroxylation is 1. The van der Waals surface area contributed by atoms with Crippen molar-refractivity contribution in [3.8, 4) is 0 Å². The number of hydrogen-bond donors (Lipinski definition) is 2. The highest BCUT2D eigenvalue weighted by molar-refractivity contribution is 9.10. The molecule has 112 valence electrons. The molecule has 0 aliphatic rings. The lowest BCUT2D eigenvalue weighted by Gasteiger charge is -2.12. The molecule has 3 N–H and O–H groups in total. The normalized spacial score (nSPS) is 11.4. The Labute approximate surface area is 135 Å². The number of nitrogens with two attached hydrogens (primary N) is 1. The molecule has 0 amide bonds. The lowest BCUT2D eigenvalue weighted by atomic mass is 10.2. The van der Waals surface area contributed by atoms with Crippen LogP contribution in [0.3, 0.4) is 0 Å². The third-order valence-corrected chi connectivity index (χ3v) is 5.50. The van der Waals surface area contributed by atoms with E-state index in [4.69, 9.17) is 17.3 Å². The average molecular weight is 394 g/mol. The summed E-state index contributed by atoms with van der Waals surface area (Å²) in [5.41, 5.74) is 5.68. The third-order valence-electron chi connectivity index (χ3n) is 2.76. The van der Waals surface area contributed by atoms with Crippen LogP contribution in [0.25, 0.3) is 0 Å². The number of nitrogens with one attached hydrogen (secondary N) is 1. The second-order valence-electron chi connectivity index (χ2n) is 4.35. The van der Waals surface area contributed by atoms with E-state index in [9.17, 15) is 12.8 Å². The molecule has 0 heterocycles. The van der Waals surface area contributed by atoms with Gasteiger partial charge in [0.25, 0.3) is 10.0 Å². The number of benzene rings is 2. The number of rotatable bonds is 3. The molecule has 4 nitrogen and oxygen atoms in total. The average Bonchev–Trinajstić information content (AvgIpc) is 2.40. The van der Waals surface area contributed by atoms with Gasteiger partial charge in [0.2, 0.25) is 0 Å². The fourth-order valence-electron chi connectivity index (χ4n) is 1.70. The molecule has 0 aliphatic carbocycles. The van der Waals surface area contributed by atoms with Gasteiger partial charge in [-0.2, -0.15) is 0 Å². The van der Waals surface area contributed by atoms with E-state index in [2.05, 4.69) is 20.7 Å². The van der Waals surface area contributed by atoms with Gasteiger partial charge in [0.15, 0.2) is 0 Å². The number of nitrogen functional groups attached to an aromatic ring is 1. The standard InChI is InChI=1S/C13H11BrClFN2O2S/c1-7-5-8(6-10(17)13(7)16)21(19,20)18-11-4-2-3-9(15)12(11)14/h2-6,18H,17H2,1H3. The second kappa shape index (κ2) is 5.82. The van der Waals surface area contributed by atoms with Crippen molar-refractivity contribution in [2.24, 2.45) is 0 Å². The molecular weight excluding hydrogens is 383 g/mol. The first kappa shape index (κ1) is 16.1. The van der Waals surface area contributed by atoms with Crippen molar-refractivity contribution in [1.29, 1.82) is 0 Å². The molecule has 8 heteroatoms. The van der Waals surface area contributed by atoms with Crippen molar-refractivity contribution in [2.75, 3.05) is 10.5 Å². The van der Waals surface area contributed by atoms with Crippen LogP contribution in [0.5, 0.6) is 0 Å². The third kappa shape index (κ3) is 3.30. The minimum absolute atomic E-state index is 0.120. The summed E-state index contributed by atoms with van der Waals surface area (Å²) in [6.45, 7) is 1.44. The maximum atomic E-state index is 13.5. The van der Waals surface area contributed by atoms with Crippen molar-refractivity contribution in [2.45, 2.75) is 11.8 Å². The van der Waals surface area contributed by atoms with E-state index < -0.39 is 15.8 Å². The van der Waals surface area contributed by atoms with E-state index >= 15 is 0 Å². The van der Waals surface area contributed by atoms with Crippen molar-refractivity contribution in [1.82, 2.24) is 0 Å². The van der Waals surface area contributed by atoms with Crippen LogP contribution >= 0.6 is 27.5 Å². The molecular formula is C13H11BrClFN2O2S. The van der Waals surface area contributed by atoms with Crippen LogP contribution in [-0.2, 0) is 10.0 Å². The van der Waals surface area contributed by atoms with E-state index in [1.54, 1.807) is 18.2 Å². The molecule has 0 spiro atoms. The van der Waals surface area contributed by atoms with E-state index in [0.717, 1.165) is 6.07 Å². The van der Waals surface area contributed by atoms with Gasteiger partial charge in [0.1, 0.15) is 5.82 Å². The highest BCUT2D eigenvalue weighted by atomic mass is 79.9. The minimum atomic E-state index is -3.90. The Morgan fingerprint density at radius 2 is 2.00 bits per heavy atom. The monoisotopic (exact) mass is 392 g/mol. The molecule has 0 saturated carbocycles. The highest BCUT2D eigenvalue weighted by Gasteiger charge is 2.19. The van der Waals surface area contributed by atoms with Crippen molar-refractivity contribution in [3.05, 3.63) is 51.2 Å². The quantitative estimate of drug-likeness (QED) is 0.776. The van der Waals surface area contributed by atoms with Gasteiger partial charge >= 0.3 is 0 Å². The second-order valence-corrected chi connectivity index (χ2v) is 7.23. The predicted molar refractivity (Wildman–Crippen MR) is 85.5 cm³/mol. The molecule has 0 fully saturated rings. The van der Waals surface area contributed by atoms with Gasteiger partial charge in [-0.1, -0.05) is 17.7 Å². The molecule has 0 bridgehead atoms. The van der Waals surface area contributed by atoms with Crippen LogP contribution in [0.1, 0.15) is 5.56 Å². The molecule has 0 radical (unpaired) electrons. The molecule has 0 saturated heterocycles. The first-order chi connectivity index (χ1) is 9.72. The Balaban J connectivity index is 2.46. The number of sulfonamides is 1. The lowest BCUT2D eigenvalue weighted by Crippen LogP contribution is -2.14. The predicted octanol–water partition coefficient (Wildman–Crippen LogP) is 3.93. The summed E-state index contributed by atoms with van der Waals surface area (Å²) in [7, 11) is -3.90. The molecule has 0 aliphatic heterocycles. The number of anilines is 2. The molecule has 0 unspecified atom stereocenters. The largest absolute Gasteiger partial charge is 0.396 e. The van der Waals surface area contributed by atoms with Crippen LogP contribution < -0.4 is 10.5 Å². The first-order valence-electron chi connectivity index (χ1n) is 5.75. The summed E-state index contributed by atoms with van der Waals surface area (Å²) in [6.07, 6.45) is 0. The zero-order chi connectivity index (χ0) is 15.8. The molecule has 2 rings (SSSR count). The molecule has 0 aromatic heterocycles. The van der Waals surface area contributed by atoms with E-state index in [0.29, 0.717) is 9.50 Å². The van der Waals surface area contributed by atoms with Gasteiger partial charge in [0, 0.05) is 0 Å². The van der Waals surface area contributed by atoms with Crippen LogP contribution in [0.15, 0.2) is 39.7 Å². The van der Waals surface area contributed by atoms with Gasteiger partial charge in [-0.05, 0) is 52.7 Å². The highest BCUT2D eigenvalue weighted by Crippen LogP contribution is 2.32. The summed E-state index contributed by atoms with van der Waals surface area (Å²) in [5, 5.41) is 0.366. The fraction of sp³-hybridized carbons (Fsp3) is 0.0769. The Bertz CT molecular complexity index is 789. The number of halogens is 3. The zero-order valence-corrected chi connectivity index (χ0v) is 14.0. The van der Waals surface area contributed by atoms with Crippen molar-refractivity contribution >= 4 is 48.9 Å². The first-order valence-corrected chi connectivity index (χ1v) is 8.40. The van der Waals surface area contributed by atoms with Crippen LogP contribution in [0, 0.1) is 12.7 Å². The van der Waals surface area contributed by atoms with Gasteiger partial charge in [-0.25, -0.2) is 12.8 Å². The Hall–Kier alpha value is -1.31. The summed E-state index contributed by atoms with van der Waals surface area (Å²) >= 11 is 9.11. The summed E-state index contributed by atoms with van der Waals surface area (Å²) in [4.78, 5) is -0.120. The SMILES string of the molecule is Cc1cc(S(=O)(=O)Nc2cccc(Cl)c2Br)cc(N)c1F. The summed E-state index contributed by atoms with van der Waals surface area (Å²) < 4.78 is 40.9. The topological polar surface area (TPSA) is 72.2 Å². The zero-order valence-electron chi connectivity index (χ0n) is 10.8. The van der Waals surface area contributed by atoms with Crippen molar-refractivity contribution < 1.29 is 12.8 Å². The van der Waals surface area contributed by atoms with E-state index in [1.807, 2.05) is 0 Å². The van der Waals surface area contributed by atoms with Crippen LogP contribution in [-0.4, -0.2) is 8.42 Å². The molecule has 0 atom stereocenters. The maximum Gasteiger partial charge on any atom is 0.262 e. The van der Waals surface area contributed by atoms with E-state index in [-0.39, 0.29) is 21.8 Å². The molecule has 2 aromatic rings. The number of hydrogen-bond acceptors (Lipinski definition) is 3. The Morgan fingerprint density at radius 3 is 2.62 bits per heavy atom. The minimum Gasteiger partial charge on any atom is -0.396 e.